The van der Waals surface area contributed by atoms with E-state index in [1.165, 1.54) is 17.8 Å². The van der Waals surface area contributed by atoms with Gasteiger partial charge in [-0.05, 0) is 37.8 Å². The van der Waals surface area contributed by atoms with Crippen LogP contribution in [0.25, 0.3) is 5.65 Å². The third kappa shape index (κ3) is 5.51. The van der Waals surface area contributed by atoms with Gasteiger partial charge in [-0.25, -0.2) is 4.79 Å². The van der Waals surface area contributed by atoms with Crippen LogP contribution in [0.15, 0.2) is 18.3 Å². The predicted molar refractivity (Wildman–Crippen MR) is 152 cm³/mol. The zero-order valence-electron chi connectivity index (χ0n) is 22.7. The Bertz CT molecular complexity index is 1540. The number of hydrogen-bond donors (Lipinski definition) is 2. The van der Waals surface area contributed by atoms with Gasteiger partial charge in [0.05, 0.1) is 41.3 Å². The van der Waals surface area contributed by atoms with E-state index in [0.29, 0.717) is 58.6 Å². The van der Waals surface area contributed by atoms with Gasteiger partial charge < -0.3 is 25.2 Å². The summed E-state index contributed by atoms with van der Waals surface area (Å²) in [7, 11) is 1.42. The van der Waals surface area contributed by atoms with E-state index < -0.39 is 0 Å². The molecule has 1 saturated carbocycles. The van der Waals surface area contributed by atoms with Gasteiger partial charge in [0.1, 0.15) is 11.6 Å². The zero-order valence-corrected chi connectivity index (χ0v) is 23.4. The third-order valence-corrected chi connectivity index (χ3v) is 8.29. The molecule has 14 heteroatoms. The monoisotopic (exact) mass is 575 g/mol. The largest absolute Gasteiger partial charge is 0.453 e. The second-order valence-corrected chi connectivity index (χ2v) is 10.9. The fraction of sp³-hybridized carbons (Fsp3) is 0.481. The van der Waals surface area contributed by atoms with Gasteiger partial charge >= 0.3 is 6.09 Å². The van der Waals surface area contributed by atoms with Crippen LogP contribution in [-0.4, -0.2) is 93.9 Å². The van der Waals surface area contributed by atoms with Crippen LogP contribution in [0, 0.1) is 22.7 Å². The van der Waals surface area contributed by atoms with E-state index in [-0.39, 0.29) is 12.0 Å². The van der Waals surface area contributed by atoms with Crippen LogP contribution in [0.1, 0.15) is 36.8 Å². The van der Waals surface area contributed by atoms with Crippen LogP contribution in [0.2, 0.25) is 5.02 Å². The number of methoxy groups -OCH3 is 1. The van der Waals surface area contributed by atoms with Crippen molar-refractivity contribution in [3.05, 3.63) is 34.5 Å². The third-order valence-electron chi connectivity index (χ3n) is 7.90. The average Bonchev–Trinajstić information content (AvgIpc) is 3.73. The molecular weight excluding hydrogens is 546 g/mol. The van der Waals surface area contributed by atoms with E-state index in [1.807, 2.05) is 6.07 Å². The number of nitrogens with zero attached hydrogens (tertiary/aromatic N) is 9. The molecule has 13 nitrogen and oxygen atoms in total. The molecule has 3 aromatic rings. The number of benzene rings is 1. The molecule has 6 rings (SSSR count). The smallest absolute Gasteiger partial charge is 0.409 e. The van der Waals surface area contributed by atoms with Crippen molar-refractivity contribution in [3.63, 3.8) is 0 Å². The maximum Gasteiger partial charge on any atom is 0.409 e. The highest BCUT2D eigenvalue weighted by atomic mass is 35.5. The Balaban J connectivity index is 1.20. The van der Waals surface area contributed by atoms with Crippen molar-refractivity contribution in [2.75, 3.05) is 61.9 Å². The van der Waals surface area contributed by atoms with Crippen LogP contribution >= 0.6 is 11.6 Å². The molecule has 0 bridgehead atoms. The first kappa shape index (κ1) is 26.9. The Morgan fingerprint density at radius 3 is 2.46 bits per heavy atom. The number of carbonyl (C=O) groups is 1. The molecule has 3 fully saturated rings. The molecule has 3 aliphatic rings. The molecule has 1 aliphatic carbocycles. The van der Waals surface area contributed by atoms with Crippen molar-refractivity contribution >= 4 is 46.6 Å². The first-order chi connectivity index (χ1) is 20.0. The molecule has 2 N–H and O–H groups in total. The van der Waals surface area contributed by atoms with Crippen molar-refractivity contribution in [1.82, 2.24) is 29.4 Å². The van der Waals surface area contributed by atoms with E-state index in [2.05, 4.69) is 47.6 Å². The number of nitrogens with one attached hydrogen (secondary N) is 2. The molecule has 2 aliphatic heterocycles. The Labute approximate surface area is 242 Å². The number of halogens is 1. The lowest BCUT2D eigenvalue weighted by Gasteiger charge is -2.43. The number of piperidine rings is 1. The Kier molecular flexibility index (Phi) is 7.39. The average molecular weight is 576 g/mol. The van der Waals surface area contributed by atoms with Gasteiger partial charge in [0, 0.05) is 51.4 Å². The Morgan fingerprint density at radius 1 is 1.05 bits per heavy atom. The Morgan fingerprint density at radius 2 is 1.80 bits per heavy atom. The SMILES string of the molecule is COC(=O)N1CCC(N2CCN(c3cc(C#N)cc(Nc4nc(NC5CC5)n5ncc(C#N)c5n4)c3Cl)CC2)CC1. The fourth-order valence-electron chi connectivity index (χ4n) is 5.50. The van der Waals surface area contributed by atoms with Crippen molar-refractivity contribution in [3.8, 4) is 12.1 Å². The van der Waals surface area contributed by atoms with Gasteiger partial charge in [-0.2, -0.15) is 30.1 Å². The molecule has 1 amide bonds. The lowest BCUT2D eigenvalue weighted by Crippen LogP contribution is -2.53. The molecule has 212 valence electrons. The van der Waals surface area contributed by atoms with E-state index >= 15 is 0 Å². The van der Waals surface area contributed by atoms with E-state index in [1.54, 1.807) is 11.0 Å². The number of anilines is 4. The molecule has 0 atom stereocenters. The summed E-state index contributed by atoms with van der Waals surface area (Å²) in [6.45, 7) is 4.61. The van der Waals surface area contributed by atoms with E-state index in [9.17, 15) is 15.3 Å². The van der Waals surface area contributed by atoms with Crippen LogP contribution in [0.5, 0.6) is 0 Å². The number of aromatic nitrogens is 4. The van der Waals surface area contributed by atoms with E-state index in [0.717, 1.165) is 57.5 Å². The molecule has 4 heterocycles. The summed E-state index contributed by atoms with van der Waals surface area (Å²) in [5, 5.41) is 30.6. The molecule has 2 saturated heterocycles. The molecule has 1 aromatic carbocycles. The van der Waals surface area contributed by atoms with Crippen molar-refractivity contribution in [1.29, 1.82) is 10.5 Å². The number of ether oxygens (including phenoxy) is 1. The summed E-state index contributed by atoms with van der Waals surface area (Å²) in [6.07, 6.45) is 5.12. The van der Waals surface area contributed by atoms with Gasteiger partial charge in [-0.15, -0.1) is 0 Å². The lowest BCUT2D eigenvalue weighted by atomic mass is 10.0. The van der Waals surface area contributed by atoms with Crippen molar-refractivity contribution in [2.45, 2.75) is 37.8 Å². The summed E-state index contributed by atoms with van der Waals surface area (Å²) in [6, 6.07) is 8.59. The molecule has 41 heavy (non-hydrogen) atoms. The fourth-order valence-corrected chi connectivity index (χ4v) is 5.78. The highest BCUT2D eigenvalue weighted by molar-refractivity contribution is 6.36. The standard InChI is InChI=1S/C27H30ClN11O2/c1-41-27(40)38-6-4-20(5-7-38)36-8-10-37(11-9-36)22-13-17(14-29)12-21(23(22)28)33-25-34-24-18(15-30)16-31-39(24)26(35-25)32-19-2-3-19/h12-13,16,19-20H,2-11H2,1H3,(H2,32,33,34,35). The minimum Gasteiger partial charge on any atom is -0.453 e. The van der Waals surface area contributed by atoms with Crippen molar-refractivity contribution in [2.24, 2.45) is 0 Å². The number of hydrogen-bond acceptors (Lipinski definition) is 11. The normalized spacial score (nSPS) is 18.1. The number of nitriles is 2. The van der Waals surface area contributed by atoms with Gasteiger partial charge in [-0.3, -0.25) is 4.90 Å². The quantitative estimate of drug-likeness (QED) is 0.446. The highest BCUT2D eigenvalue weighted by Crippen LogP contribution is 2.37. The number of carbonyl (C=O) groups excluding carboxylic acids is 1. The summed E-state index contributed by atoms with van der Waals surface area (Å²) in [5.41, 5.74) is 2.46. The molecule has 0 spiro atoms. The van der Waals surface area contributed by atoms with Gasteiger partial charge in [0.2, 0.25) is 11.9 Å². The van der Waals surface area contributed by atoms with Gasteiger partial charge in [0.15, 0.2) is 5.65 Å². The molecule has 2 aromatic heterocycles. The summed E-state index contributed by atoms with van der Waals surface area (Å²) < 4.78 is 6.39. The number of likely N-dealkylation sites (tertiary alicyclic amines) is 1. The van der Waals surface area contributed by atoms with Crippen LogP contribution in [0.3, 0.4) is 0 Å². The van der Waals surface area contributed by atoms with Crippen molar-refractivity contribution < 1.29 is 9.53 Å². The maximum absolute atomic E-state index is 11.8. The minimum absolute atomic E-state index is 0.253. The zero-order chi connectivity index (χ0) is 28.5. The molecule has 0 radical (unpaired) electrons. The Hall–Kier alpha value is -4.33. The molecular formula is C27H30ClN11O2. The lowest BCUT2D eigenvalue weighted by molar-refractivity contribution is 0.0817. The van der Waals surface area contributed by atoms with E-state index in [4.69, 9.17) is 16.3 Å². The summed E-state index contributed by atoms with van der Waals surface area (Å²) in [5.74, 6) is 0.742. The second kappa shape index (κ2) is 11.3. The summed E-state index contributed by atoms with van der Waals surface area (Å²) >= 11 is 6.94. The number of fused-ring (bicyclic) bond motifs is 1. The predicted octanol–water partition coefficient (Wildman–Crippen LogP) is 3.19. The minimum atomic E-state index is -0.263. The molecule has 0 unspecified atom stereocenters. The number of amides is 1. The second-order valence-electron chi connectivity index (χ2n) is 10.5. The topological polar surface area (TPSA) is 151 Å². The number of rotatable bonds is 6. The van der Waals surface area contributed by atoms with Gasteiger partial charge in [0.25, 0.3) is 0 Å². The maximum atomic E-state index is 11.8. The number of piperazine rings is 1. The van der Waals surface area contributed by atoms with Crippen LogP contribution in [0.4, 0.5) is 28.1 Å². The summed E-state index contributed by atoms with van der Waals surface area (Å²) in [4.78, 5) is 27.4. The van der Waals surface area contributed by atoms with Crippen LogP contribution in [-0.2, 0) is 4.74 Å². The first-order valence-corrected chi connectivity index (χ1v) is 14.1. The van der Waals surface area contributed by atoms with Gasteiger partial charge in [-0.1, -0.05) is 11.6 Å². The highest BCUT2D eigenvalue weighted by Gasteiger charge is 2.30. The first-order valence-electron chi connectivity index (χ1n) is 13.7. The van der Waals surface area contributed by atoms with Crippen LogP contribution < -0.4 is 15.5 Å².